The van der Waals surface area contributed by atoms with Crippen molar-refractivity contribution in [3.8, 4) is 0 Å². The number of carboxylic acid groups (broad SMARTS) is 1. The van der Waals surface area contributed by atoms with Gasteiger partial charge in [-0.05, 0) is 44.4 Å². The molecule has 1 fully saturated rings. The van der Waals surface area contributed by atoms with Crippen molar-refractivity contribution in [3.05, 3.63) is 11.6 Å². The minimum atomic E-state index is -1.13. The molecule has 1 saturated heterocycles. The lowest BCUT2D eigenvalue weighted by Crippen LogP contribution is -2.60. The molecule has 3 atom stereocenters. The Balaban J connectivity index is 3.16. The van der Waals surface area contributed by atoms with Crippen molar-refractivity contribution < 1.29 is 29.0 Å². The van der Waals surface area contributed by atoms with Crippen LogP contribution in [0.5, 0.6) is 0 Å². The fraction of sp³-hybridized carbons (Fsp3) is 0.750. The van der Waals surface area contributed by atoms with Crippen LogP contribution in [-0.2, 0) is 19.1 Å². The van der Waals surface area contributed by atoms with Crippen molar-refractivity contribution >= 4 is 23.9 Å². The fourth-order valence-corrected chi connectivity index (χ4v) is 3.99. The molecule has 1 aliphatic heterocycles. The zero-order chi connectivity index (χ0) is 25.5. The van der Waals surface area contributed by atoms with Crippen LogP contribution in [0, 0.1) is 11.3 Å². The van der Waals surface area contributed by atoms with E-state index in [2.05, 4.69) is 5.32 Å². The number of rotatable bonds is 8. The topological polar surface area (TPSA) is 116 Å². The summed E-state index contributed by atoms with van der Waals surface area (Å²) in [4.78, 5) is 53.0. The standard InChI is InChI=1S/C24H41N3O6/c1-9-33-22(30)16(4)14-18(15(2)3)26(8)21(29)19(24(5,6)7)25-20(28)17-12-10-11-13-27(17)23(31)32/h14-15,17-19H,9-13H2,1-8H3,(H,25,28)(H,31,32)/b16-14+/t17-,18?,19?/m1/s1. The summed E-state index contributed by atoms with van der Waals surface area (Å²) in [6.07, 6.45) is 2.47. The van der Waals surface area contributed by atoms with E-state index in [-0.39, 0.29) is 18.4 Å². The second-order valence-electron chi connectivity index (χ2n) is 10.0. The van der Waals surface area contributed by atoms with Crippen LogP contribution in [0.3, 0.4) is 0 Å². The molecule has 0 bridgehead atoms. The number of esters is 1. The number of nitrogens with one attached hydrogen (secondary N) is 1. The van der Waals surface area contributed by atoms with E-state index in [1.807, 2.05) is 34.6 Å². The number of nitrogens with zero attached hydrogens (tertiary/aromatic N) is 2. The minimum Gasteiger partial charge on any atom is -0.465 e. The van der Waals surface area contributed by atoms with Gasteiger partial charge in [-0.25, -0.2) is 9.59 Å². The molecule has 0 spiro atoms. The van der Waals surface area contributed by atoms with Crippen molar-refractivity contribution in [2.24, 2.45) is 11.3 Å². The molecule has 2 unspecified atom stereocenters. The predicted molar refractivity (Wildman–Crippen MR) is 126 cm³/mol. The predicted octanol–water partition coefficient (Wildman–Crippen LogP) is 3.04. The lowest BCUT2D eigenvalue weighted by molar-refractivity contribution is -0.141. The Morgan fingerprint density at radius 1 is 1.21 bits per heavy atom. The minimum absolute atomic E-state index is 0.000456. The second kappa shape index (κ2) is 12.0. The van der Waals surface area contributed by atoms with Gasteiger partial charge in [0.25, 0.3) is 0 Å². The van der Waals surface area contributed by atoms with Gasteiger partial charge in [-0.1, -0.05) is 40.7 Å². The van der Waals surface area contributed by atoms with Crippen molar-refractivity contribution in [2.45, 2.75) is 85.9 Å². The van der Waals surface area contributed by atoms with E-state index < -0.39 is 41.5 Å². The Hall–Kier alpha value is -2.58. The molecule has 188 valence electrons. The molecular weight excluding hydrogens is 426 g/mol. The van der Waals surface area contributed by atoms with Gasteiger partial charge >= 0.3 is 12.1 Å². The molecule has 9 nitrogen and oxygen atoms in total. The smallest absolute Gasteiger partial charge is 0.407 e. The Kier molecular flexibility index (Phi) is 10.4. The van der Waals surface area contributed by atoms with Gasteiger partial charge in [-0.15, -0.1) is 0 Å². The molecule has 0 aromatic heterocycles. The molecule has 2 N–H and O–H groups in total. The number of hydrogen-bond acceptors (Lipinski definition) is 5. The Labute approximate surface area is 197 Å². The molecule has 0 aromatic carbocycles. The molecule has 0 radical (unpaired) electrons. The van der Waals surface area contributed by atoms with Crippen LogP contribution in [-0.4, -0.2) is 77.1 Å². The molecular formula is C24H41N3O6. The van der Waals surface area contributed by atoms with Crippen molar-refractivity contribution in [1.29, 1.82) is 0 Å². The average molecular weight is 468 g/mol. The van der Waals surface area contributed by atoms with E-state index in [9.17, 15) is 24.3 Å². The normalized spacial score (nSPS) is 19.0. The summed E-state index contributed by atoms with van der Waals surface area (Å²) in [5.74, 6) is -1.20. The number of carbonyl (C=O) groups is 4. The molecule has 0 saturated carbocycles. The van der Waals surface area contributed by atoms with E-state index in [1.165, 1.54) is 0 Å². The third kappa shape index (κ3) is 7.75. The average Bonchev–Trinajstić information content (AvgIpc) is 2.73. The highest BCUT2D eigenvalue weighted by atomic mass is 16.5. The summed E-state index contributed by atoms with van der Waals surface area (Å²) in [5.41, 5.74) is -0.212. The largest absolute Gasteiger partial charge is 0.465 e. The van der Waals surface area contributed by atoms with Crippen LogP contribution in [0.4, 0.5) is 4.79 Å². The quantitative estimate of drug-likeness (QED) is 0.419. The maximum Gasteiger partial charge on any atom is 0.407 e. The SMILES string of the molecule is CCOC(=O)/C(C)=C/C(C(C)C)N(C)C(=O)C(NC(=O)[C@H]1CCCCN1C(=O)O)C(C)(C)C. The zero-order valence-electron chi connectivity index (χ0n) is 21.3. The number of ether oxygens (including phenoxy) is 1. The molecule has 33 heavy (non-hydrogen) atoms. The lowest BCUT2D eigenvalue weighted by atomic mass is 9.84. The van der Waals surface area contributed by atoms with Crippen LogP contribution in [0.1, 0.15) is 67.7 Å². The number of likely N-dealkylation sites (tertiary alicyclic amines) is 1. The van der Waals surface area contributed by atoms with E-state index in [0.29, 0.717) is 25.0 Å². The first kappa shape index (κ1) is 28.5. The van der Waals surface area contributed by atoms with Gasteiger partial charge in [0.05, 0.1) is 12.6 Å². The lowest BCUT2D eigenvalue weighted by Gasteiger charge is -2.39. The Morgan fingerprint density at radius 2 is 1.82 bits per heavy atom. The molecule has 9 heteroatoms. The van der Waals surface area contributed by atoms with Crippen LogP contribution in [0.15, 0.2) is 11.6 Å². The van der Waals surface area contributed by atoms with Gasteiger partial charge in [-0.3, -0.25) is 14.5 Å². The second-order valence-corrected chi connectivity index (χ2v) is 10.0. The molecule has 1 aliphatic rings. The maximum atomic E-state index is 13.6. The fourth-order valence-electron chi connectivity index (χ4n) is 3.99. The first-order chi connectivity index (χ1) is 15.2. The van der Waals surface area contributed by atoms with Crippen LogP contribution in [0.25, 0.3) is 0 Å². The van der Waals surface area contributed by atoms with Crippen LogP contribution in [0.2, 0.25) is 0 Å². The highest BCUT2D eigenvalue weighted by Crippen LogP contribution is 2.25. The van der Waals surface area contributed by atoms with Gasteiger partial charge in [0.2, 0.25) is 11.8 Å². The van der Waals surface area contributed by atoms with E-state index in [4.69, 9.17) is 4.74 Å². The highest BCUT2D eigenvalue weighted by Gasteiger charge is 2.40. The molecule has 0 aromatic rings. The van der Waals surface area contributed by atoms with Crippen molar-refractivity contribution in [1.82, 2.24) is 15.1 Å². The number of piperidine rings is 1. The first-order valence-corrected chi connectivity index (χ1v) is 11.6. The van der Waals surface area contributed by atoms with Gasteiger partial charge in [-0.2, -0.15) is 0 Å². The number of amides is 3. The molecule has 1 rings (SSSR count). The van der Waals surface area contributed by atoms with E-state index >= 15 is 0 Å². The Morgan fingerprint density at radius 3 is 2.30 bits per heavy atom. The summed E-state index contributed by atoms with van der Waals surface area (Å²) in [5, 5.41) is 12.3. The third-order valence-corrected chi connectivity index (χ3v) is 5.95. The van der Waals surface area contributed by atoms with Crippen LogP contribution < -0.4 is 5.32 Å². The zero-order valence-corrected chi connectivity index (χ0v) is 21.3. The van der Waals surface area contributed by atoms with Gasteiger partial charge in [0, 0.05) is 19.2 Å². The van der Waals surface area contributed by atoms with E-state index in [0.717, 1.165) is 11.3 Å². The molecule has 3 amide bonds. The van der Waals surface area contributed by atoms with Gasteiger partial charge in [0.15, 0.2) is 0 Å². The van der Waals surface area contributed by atoms with Gasteiger partial charge < -0.3 is 20.1 Å². The van der Waals surface area contributed by atoms with E-state index in [1.54, 1.807) is 31.9 Å². The number of likely N-dealkylation sites (N-methyl/N-ethyl adjacent to an activating group) is 1. The summed E-state index contributed by atoms with van der Waals surface area (Å²) in [7, 11) is 1.65. The number of carbonyl (C=O) groups excluding carboxylic acids is 3. The highest BCUT2D eigenvalue weighted by molar-refractivity contribution is 5.92. The summed E-state index contributed by atoms with van der Waals surface area (Å²) < 4.78 is 5.06. The van der Waals surface area contributed by atoms with Crippen molar-refractivity contribution in [2.75, 3.05) is 20.2 Å². The summed E-state index contributed by atoms with van der Waals surface area (Å²) >= 11 is 0. The third-order valence-electron chi connectivity index (χ3n) is 5.95. The van der Waals surface area contributed by atoms with Crippen molar-refractivity contribution in [3.63, 3.8) is 0 Å². The van der Waals surface area contributed by atoms with Crippen LogP contribution >= 0.6 is 0 Å². The van der Waals surface area contributed by atoms with Gasteiger partial charge in [0.1, 0.15) is 12.1 Å². The Bertz CT molecular complexity index is 756. The maximum absolute atomic E-state index is 13.6. The summed E-state index contributed by atoms with van der Waals surface area (Å²) in [6, 6.07) is -2.08. The number of hydrogen-bond donors (Lipinski definition) is 2. The first-order valence-electron chi connectivity index (χ1n) is 11.6. The molecule has 1 heterocycles. The summed E-state index contributed by atoms with van der Waals surface area (Å²) in [6.45, 7) is 13.4. The monoisotopic (exact) mass is 467 g/mol. The molecule has 0 aliphatic carbocycles.